The van der Waals surface area contributed by atoms with E-state index in [0.29, 0.717) is 11.3 Å². The van der Waals surface area contributed by atoms with E-state index in [2.05, 4.69) is 22.6 Å². The summed E-state index contributed by atoms with van der Waals surface area (Å²) in [6.45, 7) is 0. The molecule has 0 spiro atoms. The van der Waals surface area contributed by atoms with Crippen LogP contribution < -0.4 is 4.74 Å². The highest BCUT2D eigenvalue weighted by Gasteiger charge is 2.02. The van der Waals surface area contributed by atoms with Crippen LogP contribution in [0.25, 0.3) is 0 Å². The maximum atomic E-state index is 10.8. The van der Waals surface area contributed by atoms with Crippen LogP contribution in [0.1, 0.15) is 10.4 Å². The Hall–Kier alpha value is -1.36. The summed E-state index contributed by atoms with van der Waals surface area (Å²) < 4.78 is 6.77. The predicted molar refractivity (Wildman–Crippen MR) is 71.1 cm³/mol. The minimum atomic E-state index is 0.557. The van der Waals surface area contributed by atoms with Gasteiger partial charge in [0, 0.05) is 3.57 Å². The monoisotopic (exact) mass is 324 g/mol. The predicted octanol–water partition coefficient (Wildman–Crippen LogP) is 3.90. The molecule has 0 aliphatic heterocycles. The first-order valence-corrected chi connectivity index (χ1v) is 5.85. The molecule has 0 radical (unpaired) electrons. The summed E-state index contributed by atoms with van der Waals surface area (Å²) in [6.07, 6.45) is 0.794. The van der Waals surface area contributed by atoms with Crippen LogP contribution in [0.3, 0.4) is 0 Å². The lowest BCUT2D eigenvalue weighted by atomic mass is 10.2. The van der Waals surface area contributed by atoms with Gasteiger partial charge in [-0.1, -0.05) is 12.1 Å². The van der Waals surface area contributed by atoms with Gasteiger partial charge in [0.15, 0.2) is 6.29 Å². The Kier molecular flexibility index (Phi) is 3.56. The lowest BCUT2D eigenvalue weighted by Gasteiger charge is -2.07. The Morgan fingerprint density at radius 2 is 1.69 bits per heavy atom. The van der Waals surface area contributed by atoms with E-state index in [1.54, 1.807) is 12.1 Å². The Labute approximate surface area is 107 Å². The number of para-hydroxylation sites is 1. The van der Waals surface area contributed by atoms with Crippen LogP contribution >= 0.6 is 22.6 Å². The van der Waals surface area contributed by atoms with Gasteiger partial charge in [0.25, 0.3) is 0 Å². The molecule has 2 nitrogen and oxygen atoms in total. The molecule has 2 rings (SSSR count). The van der Waals surface area contributed by atoms with Gasteiger partial charge in [-0.15, -0.1) is 0 Å². The third-order valence-corrected chi connectivity index (χ3v) is 2.81. The van der Waals surface area contributed by atoms with Gasteiger partial charge in [0.1, 0.15) is 11.5 Å². The largest absolute Gasteiger partial charge is 0.457 e. The van der Waals surface area contributed by atoms with Crippen molar-refractivity contribution in [3.05, 3.63) is 57.7 Å². The second kappa shape index (κ2) is 5.12. The van der Waals surface area contributed by atoms with Crippen LogP contribution in [-0.2, 0) is 0 Å². The molecular weight excluding hydrogens is 315 g/mol. The molecule has 0 saturated heterocycles. The van der Waals surface area contributed by atoms with E-state index in [1.807, 2.05) is 36.4 Å². The number of rotatable bonds is 3. The summed E-state index contributed by atoms with van der Waals surface area (Å²) in [6, 6.07) is 14.8. The zero-order valence-corrected chi connectivity index (χ0v) is 10.5. The van der Waals surface area contributed by atoms with E-state index in [-0.39, 0.29) is 0 Å². The van der Waals surface area contributed by atoms with Crippen molar-refractivity contribution in [2.75, 3.05) is 0 Å². The van der Waals surface area contributed by atoms with E-state index in [0.717, 1.165) is 15.6 Å². The summed E-state index contributed by atoms with van der Waals surface area (Å²) >= 11 is 2.23. The fourth-order valence-electron chi connectivity index (χ4n) is 1.30. The van der Waals surface area contributed by atoms with Gasteiger partial charge in [-0.2, -0.15) is 0 Å². The van der Waals surface area contributed by atoms with Crippen LogP contribution in [0.15, 0.2) is 48.5 Å². The van der Waals surface area contributed by atoms with E-state index in [9.17, 15) is 4.79 Å². The van der Waals surface area contributed by atoms with Crippen LogP contribution in [0.5, 0.6) is 11.5 Å². The second-order valence-electron chi connectivity index (χ2n) is 3.21. The van der Waals surface area contributed by atoms with Gasteiger partial charge < -0.3 is 4.74 Å². The van der Waals surface area contributed by atoms with Crippen molar-refractivity contribution in [2.45, 2.75) is 0 Å². The van der Waals surface area contributed by atoms with Crippen LogP contribution in [0.2, 0.25) is 0 Å². The number of halogens is 1. The average Bonchev–Trinajstić information content (AvgIpc) is 2.33. The van der Waals surface area contributed by atoms with Crippen molar-refractivity contribution >= 4 is 28.9 Å². The first kappa shape index (κ1) is 11.1. The fraction of sp³-hybridized carbons (Fsp3) is 0. The molecule has 0 fully saturated rings. The molecule has 2 aromatic carbocycles. The van der Waals surface area contributed by atoms with Crippen molar-refractivity contribution in [3.63, 3.8) is 0 Å². The van der Waals surface area contributed by atoms with E-state index >= 15 is 0 Å². The normalized spacial score (nSPS) is 9.81. The molecule has 3 heteroatoms. The Balaban J connectivity index is 2.26. The number of carbonyl (C=O) groups excluding carboxylic acids is 1. The first-order chi connectivity index (χ1) is 7.79. The molecule has 0 aromatic heterocycles. The third kappa shape index (κ3) is 2.61. The molecule has 16 heavy (non-hydrogen) atoms. The van der Waals surface area contributed by atoms with Crippen molar-refractivity contribution < 1.29 is 9.53 Å². The zero-order valence-electron chi connectivity index (χ0n) is 8.39. The Morgan fingerprint density at radius 3 is 2.38 bits per heavy atom. The molecule has 0 aliphatic rings. The molecule has 0 N–H and O–H groups in total. The van der Waals surface area contributed by atoms with Crippen molar-refractivity contribution in [1.82, 2.24) is 0 Å². The van der Waals surface area contributed by atoms with Gasteiger partial charge in [0.05, 0.1) is 5.56 Å². The topological polar surface area (TPSA) is 26.3 Å². The van der Waals surface area contributed by atoms with Crippen molar-refractivity contribution in [3.8, 4) is 11.5 Å². The molecule has 0 bridgehead atoms. The Morgan fingerprint density at radius 1 is 1.00 bits per heavy atom. The standard InChI is InChI=1S/C13H9IO2/c14-11-5-7-12(8-6-11)16-13-4-2-1-3-10(13)9-15/h1-9H. The highest BCUT2D eigenvalue weighted by Crippen LogP contribution is 2.24. The number of hydrogen-bond donors (Lipinski definition) is 0. The molecule has 0 atom stereocenters. The van der Waals surface area contributed by atoms with E-state index in [1.165, 1.54) is 0 Å². The van der Waals surface area contributed by atoms with Gasteiger partial charge in [-0.05, 0) is 59.0 Å². The van der Waals surface area contributed by atoms with Crippen LogP contribution in [0.4, 0.5) is 0 Å². The fourth-order valence-corrected chi connectivity index (χ4v) is 1.66. The van der Waals surface area contributed by atoms with E-state index in [4.69, 9.17) is 4.74 Å². The van der Waals surface area contributed by atoms with Crippen molar-refractivity contribution in [2.24, 2.45) is 0 Å². The quantitative estimate of drug-likeness (QED) is 0.632. The number of aldehydes is 1. The lowest BCUT2D eigenvalue weighted by molar-refractivity contribution is 0.112. The Bertz CT molecular complexity index is 492. The summed E-state index contributed by atoms with van der Waals surface area (Å²) in [5.74, 6) is 1.31. The molecule has 0 saturated carbocycles. The highest BCUT2D eigenvalue weighted by molar-refractivity contribution is 14.1. The maximum absolute atomic E-state index is 10.8. The minimum Gasteiger partial charge on any atom is -0.457 e. The smallest absolute Gasteiger partial charge is 0.153 e. The molecule has 0 unspecified atom stereocenters. The number of benzene rings is 2. The molecule has 0 aliphatic carbocycles. The lowest BCUT2D eigenvalue weighted by Crippen LogP contribution is -1.89. The molecular formula is C13H9IO2. The minimum absolute atomic E-state index is 0.557. The number of hydrogen-bond acceptors (Lipinski definition) is 2. The van der Waals surface area contributed by atoms with Crippen LogP contribution in [0, 0.1) is 3.57 Å². The summed E-state index contributed by atoms with van der Waals surface area (Å²) in [4.78, 5) is 10.8. The number of carbonyl (C=O) groups is 1. The van der Waals surface area contributed by atoms with Crippen molar-refractivity contribution in [1.29, 1.82) is 0 Å². The maximum Gasteiger partial charge on any atom is 0.153 e. The van der Waals surface area contributed by atoms with E-state index < -0.39 is 0 Å². The number of ether oxygens (including phenoxy) is 1. The SMILES string of the molecule is O=Cc1ccccc1Oc1ccc(I)cc1. The summed E-state index contributed by atoms with van der Waals surface area (Å²) in [5, 5.41) is 0. The van der Waals surface area contributed by atoms with Gasteiger partial charge >= 0.3 is 0 Å². The third-order valence-electron chi connectivity index (χ3n) is 2.09. The summed E-state index contributed by atoms with van der Waals surface area (Å²) in [7, 11) is 0. The second-order valence-corrected chi connectivity index (χ2v) is 4.46. The molecule has 0 amide bonds. The molecule has 0 heterocycles. The summed E-state index contributed by atoms with van der Waals surface area (Å²) in [5.41, 5.74) is 0.557. The van der Waals surface area contributed by atoms with Gasteiger partial charge in [-0.3, -0.25) is 4.79 Å². The van der Waals surface area contributed by atoms with Crippen LogP contribution in [-0.4, -0.2) is 6.29 Å². The van der Waals surface area contributed by atoms with Gasteiger partial charge in [-0.25, -0.2) is 0 Å². The molecule has 2 aromatic rings. The van der Waals surface area contributed by atoms with Gasteiger partial charge in [0.2, 0.25) is 0 Å². The highest BCUT2D eigenvalue weighted by atomic mass is 127. The molecule has 80 valence electrons. The average molecular weight is 324 g/mol. The zero-order chi connectivity index (χ0) is 11.4. The first-order valence-electron chi connectivity index (χ1n) is 4.77.